The Hall–Kier alpha value is -3.20. The number of amides is 1. The molecular formula is C19H25N7O2. The molecule has 3 rings (SSSR count). The lowest BCUT2D eigenvalue weighted by Crippen LogP contribution is -2.25. The number of aromatic nitrogens is 4. The zero-order valence-electron chi connectivity index (χ0n) is 16.4. The summed E-state index contributed by atoms with van der Waals surface area (Å²) in [5, 5.41) is 11.1. The van der Waals surface area contributed by atoms with Crippen molar-refractivity contribution in [1.82, 2.24) is 19.7 Å². The molecule has 2 heterocycles. The molecule has 0 aliphatic carbocycles. The predicted molar refractivity (Wildman–Crippen MR) is 109 cm³/mol. The Balaban J connectivity index is 2.01. The molecule has 28 heavy (non-hydrogen) atoms. The second-order valence-corrected chi connectivity index (χ2v) is 6.85. The molecule has 3 aromatic rings. The van der Waals surface area contributed by atoms with Crippen molar-refractivity contribution in [3.05, 3.63) is 36.2 Å². The van der Waals surface area contributed by atoms with E-state index in [1.807, 2.05) is 26.8 Å². The van der Waals surface area contributed by atoms with Crippen molar-refractivity contribution in [2.24, 2.45) is 5.73 Å². The zero-order chi connectivity index (χ0) is 20.3. The highest BCUT2D eigenvalue weighted by Gasteiger charge is 2.17. The fraction of sp³-hybridized carbons (Fsp3) is 0.368. The Kier molecular flexibility index (Phi) is 5.74. The summed E-state index contributed by atoms with van der Waals surface area (Å²) >= 11 is 0. The molecule has 0 spiro atoms. The Morgan fingerprint density at radius 1 is 1.29 bits per heavy atom. The molecule has 4 N–H and O–H groups in total. The fourth-order valence-corrected chi connectivity index (χ4v) is 2.82. The van der Waals surface area contributed by atoms with Crippen LogP contribution in [-0.4, -0.2) is 45.4 Å². The third kappa shape index (κ3) is 4.04. The minimum absolute atomic E-state index is 0.0199. The van der Waals surface area contributed by atoms with E-state index in [9.17, 15) is 4.79 Å². The van der Waals surface area contributed by atoms with Gasteiger partial charge in [0.15, 0.2) is 0 Å². The average molecular weight is 383 g/mol. The van der Waals surface area contributed by atoms with Crippen LogP contribution in [0.25, 0.3) is 10.9 Å². The van der Waals surface area contributed by atoms with Crippen molar-refractivity contribution < 1.29 is 9.53 Å². The predicted octanol–water partition coefficient (Wildman–Crippen LogP) is 2.43. The third-order valence-electron chi connectivity index (χ3n) is 4.17. The van der Waals surface area contributed by atoms with Gasteiger partial charge >= 0.3 is 6.01 Å². The van der Waals surface area contributed by atoms with Gasteiger partial charge in [-0.2, -0.15) is 10.1 Å². The summed E-state index contributed by atoms with van der Waals surface area (Å²) in [4.78, 5) is 21.6. The van der Waals surface area contributed by atoms with Crippen molar-refractivity contribution in [2.45, 2.75) is 32.9 Å². The molecule has 0 fully saturated rings. The lowest BCUT2D eigenvalue weighted by Gasteiger charge is -2.15. The number of carbonyl (C=O) groups excluding carboxylic acids is 1. The van der Waals surface area contributed by atoms with Crippen LogP contribution in [0.5, 0.6) is 6.01 Å². The molecule has 0 saturated heterocycles. The van der Waals surface area contributed by atoms with Crippen molar-refractivity contribution in [3.8, 4) is 6.01 Å². The number of nitrogens with zero attached hydrogens (tertiary/aromatic N) is 4. The maximum absolute atomic E-state index is 13.0. The number of rotatable bonds is 7. The van der Waals surface area contributed by atoms with Gasteiger partial charge in [0.25, 0.3) is 5.91 Å². The molecule has 0 aliphatic heterocycles. The summed E-state index contributed by atoms with van der Waals surface area (Å²) in [7, 11) is 1.49. The van der Waals surface area contributed by atoms with E-state index >= 15 is 0 Å². The molecule has 0 saturated carbocycles. The second kappa shape index (κ2) is 8.22. The highest BCUT2D eigenvalue weighted by Crippen LogP contribution is 2.27. The molecule has 0 radical (unpaired) electrons. The van der Waals surface area contributed by atoms with Gasteiger partial charge < -0.3 is 21.1 Å². The van der Waals surface area contributed by atoms with Crippen LogP contribution in [0.4, 0.5) is 11.5 Å². The van der Waals surface area contributed by atoms with Gasteiger partial charge in [-0.25, -0.2) is 9.67 Å². The van der Waals surface area contributed by atoms with E-state index in [0.29, 0.717) is 28.8 Å². The van der Waals surface area contributed by atoms with Crippen molar-refractivity contribution in [3.63, 3.8) is 0 Å². The molecule has 9 nitrogen and oxygen atoms in total. The van der Waals surface area contributed by atoms with Crippen LogP contribution in [0.15, 0.2) is 30.6 Å². The van der Waals surface area contributed by atoms with E-state index in [-0.39, 0.29) is 24.0 Å². The van der Waals surface area contributed by atoms with Gasteiger partial charge in [0, 0.05) is 42.0 Å². The van der Waals surface area contributed by atoms with Crippen LogP contribution >= 0.6 is 0 Å². The fourth-order valence-electron chi connectivity index (χ4n) is 2.82. The Morgan fingerprint density at radius 2 is 2.07 bits per heavy atom. The smallest absolute Gasteiger partial charge is 0.316 e. The molecule has 0 unspecified atom stereocenters. The molecule has 9 heteroatoms. The first-order chi connectivity index (χ1) is 13.4. The Bertz CT molecular complexity index is 982. The monoisotopic (exact) mass is 383 g/mol. The molecule has 1 aromatic carbocycles. The maximum atomic E-state index is 13.0. The van der Waals surface area contributed by atoms with Crippen LogP contribution in [0.2, 0.25) is 0 Å². The van der Waals surface area contributed by atoms with Crippen LogP contribution in [-0.2, 0) is 0 Å². The Labute approximate surface area is 163 Å². The van der Waals surface area contributed by atoms with E-state index in [4.69, 9.17) is 10.5 Å². The normalized spacial score (nSPS) is 12.2. The van der Waals surface area contributed by atoms with E-state index in [1.165, 1.54) is 7.11 Å². The van der Waals surface area contributed by atoms with E-state index in [0.717, 1.165) is 5.69 Å². The van der Waals surface area contributed by atoms with E-state index in [2.05, 4.69) is 25.7 Å². The quantitative estimate of drug-likeness (QED) is 0.573. The van der Waals surface area contributed by atoms with Gasteiger partial charge in [-0.15, -0.1) is 0 Å². The number of hydrogen-bond donors (Lipinski definition) is 3. The highest BCUT2D eigenvalue weighted by atomic mass is 16.5. The SMILES string of the molecule is COc1ncc2c(NC[C@@H](C)N)ccc(C(=O)Nc3ccnn3C(C)C)c2n1. The van der Waals surface area contributed by atoms with Crippen molar-refractivity contribution in [2.75, 3.05) is 24.3 Å². The minimum Gasteiger partial charge on any atom is -0.467 e. The first kappa shape index (κ1) is 19.6. The highest BCUT2D eigenvalue weighted by molar-refractivity contribution is 6.13. The van der Waals surface area contributed by atoms with Crippen LogP contribution in [0.1, 0.15) is 37.2 Å². The van der Waals surface area contributed by atoms with E-state index < -0.39 is 0 Å². The summed E-state index contributed by atoms with van der Waals surface area (Å²) in [5.41, 5.74) is 7.55. The number of benzene rings is 1. The van der Waals surface area contributed by atoms with Gasteiger partial charge in [-0.1, -0.05) is 0 Å². The topological polar surface area (TPSA) is 120 Å². The maximum Gasteiger partial charge on any atom is 0.316 e. The number of nitrogens with one attached hydrogen (secondary N) is 2. The van der Waals surface area contributed by atoms with Crippen LogP contribution in [0.3, 0.4) is 0 Å². The zero-order valence-corrected chi connectivity index (χ0v) is 16.4. The van der Waals surface area contributed by atoms with Crippen LogP contribution in [0, 0.1) is 0 Å². The number of fused-ring (bicyclic) bond motifs is 1. The lowest BCUT2D eigenvalue weighted by molar-refractivity contribution is 0.102. The molecule has 2 aromatic heterocycles. The minimum atomic E-state index is -0.285. The molecule has 148 valence electrons. The summed E-state index contributed by atoms with van der Waals surface area (Å²) in [6.07, 6.45) is 3.29. The third-order valence-corrected chi connectivity index (χ3v) is 4.17. The number of carbonyl (C=O) groups is 1. The lowest BCUT2D eigenvalue weighted by atomic mass is 10.1. The Morgan fingerprint density at radius 3 is 2.75 bits per heavy atom. The number of ether oxygens (including phenoxy) is 1. The number of methoxy groups -OCH3 is 1. The van der Waals surface area contributed by atoms with Gasteiger partial charge in [0.2, 0.25) is 0 Å². The largest absolute Gasteiger partial charge is 0.467 e. The number of anilines is 2. The second-order valence-electron chi connectivity index (χ2n) is 6.85. The molecule has 0 bridgehead atoms. The van der Waals surface area contributed by atoms with E-state index in [1.54, 1.807) is 29.2 Å². The first-order valence-corrected chi connectivity index (χ1v) is 9.08. The van der Waals surface area contributed by atoms with Gasteiger partial charge in [-0.05, 0) is 32.9 Å². The first-order valence-electron chi connectivity index (χ1n) is 9.08. The number of hydrogen-bond acceptors (Lipinski definition) is 7. The van der Waals surface area contributed by atoms with Gasteiger partial charge in [0.05, 0.1) is 24.4 Å². The number of nitrogens with two attached hydrogens (primary N) is 1. The van der Waals surface area contributed by atoms with Crippen molar-refractivity contribution in [1.29, 1.82) is 0 Å². The summed E-state index contributed by atoms with van der Waals surface area (Å²) < 4.78 is 6.89. The average Bonchev–Trinajstić information content (AvgIpc) is 3.13. The van der Waals surface area contributed by atoms with Gasteiger partial charge in [0.1, 0.15) is 5.82 Å². The molecule has 1 atom stereocenters. The molecular weight excluding hydrogens is 358 g/mol. The molecule has 0 aliphatic rings. The van der Waals surface area contributed by atoms with Crippen LogP contribution < -0.4 is 21.1 Å². The summed E-state index contributed by atoms with van der Waals surface area (Å²) in [6.45, 7) is 6.48. The van der Waals surface area contributed by atoms with Crippen molar-refractivity contribution >= 4 is 28.3 Å². The summed E-state index contributed by atoms with van der Waals surface area (Å²) in [6, 6.07) is 5.61. The standard InChI is InChI=1S/C19H25N7O2/c1-11(2)26-16(7-8-23-26)24-18(27)13-5-6-15(21-9-12(3)20)14-10-22-19(28-4)25-17(13)14/h5-8,10-12,21H,9,20H2,1-4H3,(H,24,27)/t12-/m1/s1. The van der Waals surface area contributed by atoms with Gasteiger partial charge in [-0.3, -0.25) is 4.79 Å². The summed E-state index contributed by atoms with van der Waals surface area (Å²) in [5.74, 6) is 0.334. The molecule has 1 amide bonds.